The van der Waals surface area contributed by atoms with Crippen molar-refractivity contribution in [2.24, 2.45) is 0 Å². The Kier molecular flexibility index (Phi) is 2.80. The van der Waals surface area contributed by atoms with Gasteiger partial charge in [0.25, 0.3) is 0 Å². The number of fused-ring (bicyclic) bond motifs is 6. The first kappa shape index (κ1) is 14.0. The van der Waals surface area contributed by atoms with E-state index in [0.717, 1.165) is 22.4 Å². The Balaban J connectivity index is 1.91. The van der Waals surface area contributed by atoms with Crippen LogP contribution in [0, 0.1) is 0 Å². The van der Waals surface area contributed by atoms with E-state index in [0.29, 0.717) is 0 Å². The predicted octanol–water partition coefficient (Wildman–Crippen LogP) is 5.79. The minimum absolute atomic E-state index is 0.108. The molecule has 0 radical (unpaired) electrons. The highest BCUT2D eigenvalue weighted by molar-refractivity contribution is 8.00. The maximum atomic E-state index is 4.98. The van der Waals surface area contributed by atoms with Gasteiger partial charge in [-0.25, -0.2) is 9.97 Å². The van der Waals surface area contributed by atoms with Gasteiger partial charge in [-0.05, 0) is 36.8 Å². The highest BCUT2D eigenvalue weighted by atomic mass is 32.2. The minimum Gasteiger partial charge on any atom is -0.247 e. The van der Waals surface area contributed by atoms with Crippen molar-refractivity contribution in [1.82, 2.24) is 9.97 Å². The maximum Gasteiger partial charge on any atom is 0.0951 e. The van der Waals surface area contributed by atoms with Crippen LogP contribution in [0.1, 0.15) is 19.5 Å². The largest absolute Gasteiger partial charge is 0.247 e. The lowest BCUT2D eigenvalue weighted by Gasteiger charge is -2.32. The number of para-hydroxylation sites is 2. The van der Waals surface area contributed by atoms with Gasteiger partial charge in [-0.2, -0.15) is 0 Å². The summed E-state index contributed by atoms with van der Waals surface area (Å²) in [5.74, 6) is 0. The van der Waals surface area contributed by atoms with Gasteiger partial charge in [0.1, 0.15) is 0 Å². The molecule has 1 aromatic heterocycles. The zero-order valence-corrected chi connectivity index (χ0v) is 14.4. The molecule has 24 heavy (non-hydrogen) atoms. The standard InChI is InChI=1S/C21H16N2S/c1-21(2)20-18(22-16-9-5-6-10-17(16)23-20)15-12-11-13-7-3-4-8-14(13)19(15)24-21/h3-12H,1-2H3. The molecule has 2 nitrogen and oxygen atoms in total. The summed E-state index contributed by atoms with van der Waals surface area (Å²) >= 11 is 1.89. The molecule has 0 spiro atoms. The number of thioether (sulfide) groups is 1. The van der Waals surface area contributed by atoms with Gasteiger partial charge < -0.3 is 0 Å². The summed E-state index contributed by atoms with van der Waals surface area (Å²) < 4.78 is -0.108. The van der Waals surface area contributed by atoms with E-state index in [2.05, 4.69) is 50.2 Å². The highest BCUT2D eigenvalue weighted by Gasteiger charge is 2.35. The number of hydrogen-bond donors (Lipinski definition) is 0. The summed E-state index contributed by atoms with van der Waals surface area (Å²) in [5, 5.41) is 2.57. The molecule has 0 amide bonds. The van der Waals surface area contributed by atoms with E-state index in [-0.39, 0.29) is 4.75 Å². The van der Waals surface area contributed by atoms with Gasteiger partial charge in [0.05, 0.1) is 27.2 Å². The average Bonchev–Trinajstić information content (AvgIpc) is 2.60. The molecule has 116 valence electrons. The van der Waals surface area contributed by atoms with Crippen LogP contribution in [0.3, 0.4) is 0 Å². The summed E-state index contributed by atoms with van der Waals surface area (Å²) in [6.45, 7) is 4.48. The van der Waals surface area contributed by atoms with Crippen LogP contribution in [0.2, 0.25) is 0 Å². The summed E-state index contributed by atoms with van der Waals surface area (Å²) in [7, 11) is 0. The Hall–Kier alpha value is -2.39. The molecular formula is C21H16N2S. The van der Waals surface area contributed by atoms with E-state index in [1.165, 1.54) is 21.2 Å². The smallest absolute Gasteiger partial charge is 0.0951 e. The van der Waals surface area contributed by atoms with E-state index in [4.69, 9.17) is 9.97 Å². The molecule has 2 heterocycles. The quantitative estimate of drug-likeness (QED) is 0.408. The average molecular weight is 328 g/mol. The Morgan fingerprint density at radius 3 is 2.33 bits per heavy atom. The number of benzene rings is 3. The fourth-order valence-electron chi connectivity index (χ4n) is 3.45. The second-order valence-electron chi connectivity index (χ2n) is 6.69. The fraction of sp³-hybridized carbons (Fsp3) is 0.143. The fourth-order valence-corrected chi connectivity index (χ4v) is 4.77. The summed E-state index contributed by atoms with van der Waals surface area (Å²) in [6.07, 6.45) is 0. The van der Waals surface area contributed by atoms with Crippen LogP contribution in [0.25, 0.3) is 33.1 Å². The van der Waals surface area contributed by atoms with Crippen LogP contribution in [0.4, 0.5) is 0 Å². The van der Waals surface area contributed by atoms with Crippen LogP contribution in [-0.2, 0) is 4.75 Å². The Morgan fingerprint density at radius 2 is 1.50 bits per heavy atom. The molecule has 0 aliphatic carbocycles. The molecule has 1 aliphatic heterocycles. The van der Waals surface area contributed by atoms with Crippen LogP contribution in [-0.4, -0.2) is 9.97 Å². The molecule has 3 aromatic carbocycles. The van der Waals surface area contributed by atoms with Gasteiger partial charge in [0.2, 0.25) is 0 Å². The van der Waals surface area contributed by atoms with Crippen molar-refractivity contribution in [2.45, 2.75) is 23.5 Å². The van der Waals surface area contributed by atoms with E-state index in [9.17, 15) is 0 Å². The molecule has 0 atom stereocenters. The van der Waals surface area contributed by atoms with Crippen LogP contribution >= 0.6 is 11.8 Å². The van der Waals surface area contributed by atoms with Gasteiger partial charge >= 0.3 is 0 Å². The van der Waals surface area contributed by atoms with Crippen molar-refractivity contribution in [1.29, 1.82) is 0 Å². The second kappa shape index (κ2) is 4.81. The van der Waals surface area contributed by atoms with Gasteiger partial charge in [-0.15, -0.1) is 11.8 Å². The zero-order chi connectivity index (χ0) is 16.3. The molecule has 3 heteroatoms. The normalized spacial score (nSPS) is 15.2. The van der Waals surface area contributed by atoms with Crippen molar-refractivity contribution in [3.05, 3.63) is 66.4 Å². The molecule has 1 aliphatic rings. The topological polar surface area (TPSA) is 25.8 Å². The highest BCUT2D eigenvalue weighted by Crippen LogP contribution is 2.53. The Labute approximate surface area is 145 Å². The van der Waals surface area contributed by atoms with E-state index < -0.39 is 0 Å². The molecular weight excluding hydrogens is 312 g/mol. The van der Waals surface area contributed by atoms with Crippen LogP contribution in [0.5, 0.6) is 0 Å². The third-order valence-corrected chi connectivity index (χ3v) is 5.98. The van der Waals surface area contributed by atoms with E-state index >= 15 is 0 Å². The van der Waals surface area contributed by atoms with Crippen molar-refractivity contribution in [3.8, 4) is 11.3 Å². The number of aromatic nitrogens is 2. The number of nitrogens with zero attached hydrogens (tertiary/aromatic N) is 2. The summed E-state index contributed by atoms with van der Waals surface area (Å²) in [5.41, 5.74) is 5.23. The first-order valence-corrected chi connectivity index (χ1v) is 8.93. The maximum absolute atomic E-state index is 4.98. The number of rotatable bonds is 0. The third-order valence-electron chi connectivity index (χ3n) is 4.63. The predicted molar refractivity (Wildman–Crippen MR) is 101 cm³/mol. The first-order chi connectivity index (χ1) is 11.6. The lowest BCUT2D eigenvalue weighted by atomic mass is 9.97. The van der Waals surface area contributed by atoms with Crippen molar-refractivity contribution in [3.63, 3.8) is 0 Å². The lowest BCUT2D eigenvalue weighted by Crippen LogP contribution is -2.20. The third kappa shape index (κ3) is 1.91. The Bertz CT molecular complexity index is 1120. The SMILES string of the molecule is CC1(C)Sc2c(ccc3ccccc23)-c2nc3ccccc3nc21. The molecule has 0 fully saturated rings. The number of hydrogen-bond acceptors (Lipinski definition) is 3. The van der Waals surface area contributed by atoms with E-state index in [1.807, 2.05) is 36.0 Å². The molecule has 0 N–H and O–H groups in total. The second-order valence-corrected chi connectivity index (χ2v) is 8.32. The molecule has 4 aromatic rings. The molecule has 0 saturated heterocycles. The molecule has 0 saturated carbocycles. The van der Waals surface area contributed by atoms with Gasteiger partial charge in [0.15, 0.2) is 0 Å². The van der Waals surface area contributed by atoms with Crippen LogP contribution < -0.4 is 0 Å². The minimum atomic E-state index is -0.108. The van der Waals surface area contributed by atoms with Crippen molar-refractivity contribution < 1.29 is 0 Å². The van der Waals surface area contributed by atoms with Crippen molar-refractivity contribution in [2.75, 3.05) is 0 Å². The summed E-state index contributed by atoms with van der Waals surface area (Å²) in [6, 6.07) is 21.1. The van der Waals surface area contributed by atoms with Crippen molar-refractivity contribution >= 4 is 33.6 Å². The van der Waals surface area contributed by atoms with Crippen LogP contribution in [0.15, 0.2) is 65.6 Å². The van der Waals surface area contributed by atoms with Gasteiger partial charge in [-0.3, -0.25) is 0 Å². The van der Waals surface area contributed by atoms with Gasteiger partial charge in [-0.1, -0.05) is 48.5 Å². The summed E-state index contributed by atoms with van der Waals surface area (Å²) in [4.78, 5) is 11.3. The monoisotopic (exact) mass is 328 g/mol. The molecule has 0 unspecified atom stereocenters. The lowest BCUT2D eigenvalue weighted by molar-refractivity contribution is 0.743. The molecule has 0 bridgehead atoms. The first-order valence-electron chi connectivity index (χ1n) is 8.12. The Morgan fingerprint density at radius 1 is 0.792 bits per heavy atom. The van der Waals surface area contributed by atoms with Gasteiger partial charge in [0, 0.05) is 10.5 Å². The molecule has 5 rings (SSSR count). The zero-order valence-electron chi connectivity index (χ0n) is 13.6. The van der Waals surface area contributed by atoms with E-state index in [1.54, 1.807) is 0 Å².